The fraction of sp³-hybridized carbons (Fsp3) is 0.643. The minimum Gasteiger partial charge on any atom is -0.396 e. The van der Waals surface area contributed by atoms with Crippen molar-refractivity contribution in [2.24, 2.45) is 5.92 Å². The van der Waals surface area contributed by atoms with E-state index in [1.165, 1.54) is 25.7 Å². The first-order valence-corrected chi connectivity index (χ1v) is 6.86. The Bertz CT molecular complexity index is 397. The summed E-state index contributed by atoms with van der Waals surface area (Å²) in [7, 11) is 0. The van der Waals surface area contributed by atoms with E-state index in [9.17, 15) is 0 Å². The molecule has 100 valence electrons. The van der Waals surface area contributed by atoms with E-state index in [2.05, 4.69) is 23.7 Å². The van der Waals surface area contributed by atoms with Crippen LogP contribution in [0.15, 0.2) is 12.1 Å². The van der Waals surface area contributed by atoms with Crippen LogP contribution in [0.3, 0.4) is 0 Å². The number of aromatic nitrogens is 1. The first-order valence-electron chi connectivity index (χ1n) is 6.86. The van der Waals surface area contributed by atoms with Gasteiger partial charge in [0.2, 0.25) is 0 Å². The van der Waals surface area contributed by atoms with Crippen LogP contribution in [0.2, 0.25) is 0 Å². The summed E-state index contributed by atoms with van der Waals surface area (Å²) in [5.41, 5.74) is 12.1. The molecule has 1 fully saturated rings. The number of anilines is 3. The lowest BCUT2D eigenvalue weighted by Gasteiger charge is -2.32. The molecular formula is C14H24N4. The van der Waals surface area contributed by atoms with Crippen LogP contribution in [0, 0.1) is 5.92 Å². The van der Waals surface area contributed by atoms with Gasteiger partial charge < -0.3 is 16.4 Å². The van der Waals surface area contributed by atoms with E-state index in [1.807, 2.05) is 12.1 Å². The van der Waals surface area contributed by atoms with E-state index in [1.54, 1.807) is 0 Å². The Kier molecular flexibility index (Phi) is 3.94. The predicted octanol–water partition coefficient (Wildman–Crippen LogP) is 2.65. The SMILES string of the molecule is CC(C)CN(c1ccc(N)c(N)n1)C1CCCC1. The topological polar surface area (TPSA) is 68.2 Å². The minimum atomic E-state index is 0.444. The smallest absolute Gasteiger partial charge is 0.149 e. The maximum atomic E-state index is 5.83. The number of pyridine rings is 1. The van der Waals surface area contributed by atoms with Crippen LogP contribution in [0.25, 0.3) is 0 Å². The highest BCUT2D eigenvalue weighted by molar-refractivity contribution is 5.62. The lowest BCUT2D eigenvalue weighted by atomic mass is 10.1. The lowest BCUT2D eigenvalue weighted by molar-refractivity contribution is 0.531. The third-order valence-corrected chi connectivity index (χ3v) is 3.56. The maximum absolute atomic E-state index is 5.83. The normalized spacial score (nSPS) is 16.4. The van der Waals surface area contributed by atoms with Gasteiger partial charge in [0.15, 0.2) is 0 Å². The van der Waals surface area contributed by atoms with Crippen LogP contribution in [0.5, 0.6) is 0 Å². The average Bonchev–Trinajstić information content (AvgIpc) is 2.83. The Balaban J connectivity index is 2.23. The van der Waals surface area contributed by atoms with Gasteiger partial charge in [0.05, 0.1) is 5.69 Å². The molecule has 4 heteroatoms. The molecule has 0 aliphatic heterocycles. The molecule has 1 aliphatic carbocycles. The number of nitrogens with zero attached hydrogens (tertiary/aromatic N) is 2. The van der Waals surface area contributed by atoms with E-state index < -0.39 is 0 Å². The molecule has 1 aliphatic rings. The summed E-state index contributed by atoms with van der Waals surface area (Å²) in [6, 6.07) is 4.47. The molecule has 0 unspecified atom stereocenters. The lowest BCUT2D eigenvalue weighted by Crippen LogP contribution is -2.37. The Morgan fingerprint density at radius 3 is 2.50 bits per heavy atom. The second-order valence-corrected chi connectivity index (χ2v) is 5.63. The molecule has 1 aromatic rings. The molecule has 18 heavy (non-hydrogen) atoms. The van der Waals surface area contributed by atoms with Gasteiger partial charge in [0, 0.05) is 12.6 Å². The minimum absolute atomic E-state index is 0.444. The van der Waals surface area contributed by atoms with Gasteiger partial charge in [-0.1, -0.05) is 26.7 Å². The zero-order chi connectivity index (χ0) is 13.1. The van der Waals surface area contributed by atoms with Gasteiger partial charge >= 0.3 is 0 Å². The molecule has 0 radical (unpaired) electrons. The molecule has 1 heterocycles. The third-order valence-electron chi connectivity index (χ3n) is 3.56. The second-order valence-electron chi connectivity index (χ2n) is 5.63. The van der Waals surface area contributed by atoms with Gasteiger partial charge in [0.1, 0.15) is 11.6 Å². The molecule has 4 N–H and O–H groups in total. The maximum Gasteiger partial charge on any atom is 0.149 e. The van der Waals surface area contributed by atoms with Crippen LogP contribution in [0.1, 0.15) is 39.5 Å². The van der Waals surface area contributed by atoms with Crippen LogP contribution in [-0.2, 0) is 0 Å². The Hall–Kier alpha value is -1.45. The zero-order valence-corrected chi connectivity index (χ0v) is 11.4. The highest BCUT2D eigenvalue weighted by Crippen LogP contribution is 2.29. The quantitative estimate of drug-likeness (QED) is 0.859. The number of hydrogen-bond donors (Lipinski definition) is 2. The van der Waals surface area contributed by atoms with Crippen LogP contribution >= 0.6 is 0 Å². The number of rotatable bonds is 4. The molecule has 1 aromatic heterocycles. The van der Waals surface area contributed by atoms with E-state index in [0.717, 1.165) is 12.4 Å². The summed E-state index contributed by atoms with van der Waals surface area (Å²) in [5, 5.41) is 0. The van der Waals surface area contributed by atoms with Gasteiger partial charge in [-0.2, -0.15) is 0 Å². The molecule has 0 spiro atoms. The molecule has 0 atom stereocenters. The van der Waals surface area contributed by atoms with Crippen LogP contribution in [-0.4, -0.2) is 17.6 Å². The highest BCUT2D eigenvalue weighted by Gasteiger charge is 2.24. The van der Waals surface area contributed by atoms with E-state index in [4.69, 9.17) is 11.5 Å². The van der Waals surface area contributed by atoms with Crippen LogP contribution in [0.4, 0.5) is 17.3 Å². The predicted molar refractivity (Wildman–Crippen MR) is 77.5 cm³/mol. The fourth-order valence-corrected chi connectivity index (χ4v) is 2.67. The summed E-state index contributed by atoms with van der Waals surface area (Å²) in [6.07, 6.45) is 5.17. The van der Waals surface area contributed by atoms with Crippen molar-refractivity contribution in [2.45, 2.75) is 45.6 Å². The van der Waals surface area contributed by atoms with E-state index in [0.29, 0.717) is 23.5 Å². The van der Waals surface area contributed by atoms with Crippen LogP contribution < -0.4 is 16.4 Å². The first kappa shape index (κ1) is 13.0. The molecule has 0 amide bonds. The highest BCUT2D eigenvalue weighted by atomic mass is 15.2. The average molecular weight is 248 g/mol. The number of hydrogen-bond acceptors (Lipinski definition) is 4. The van der Waals surface area contributed by atoms with Crippen molar-refractivity contribution in [2.75, 3.05) is 22.9 Å². The van der Waals surface area contributed by atoms with Crippen molar-refractivity contribution < 1.29 is 0 Å². The number of nitrogens with two attached hydrogens (primary N) is 2. The Morgan fingerprint density at radius 1 is 1.28 bits per heavy atom. The summed E-state index contributed by atoms with van der Waals surface area (Å²) < 4.78 is 0. The molecule has 0 saturated heterocycles. The zero-order valence-electron chi connectivity index (χ0n) is 11.4. The summed E-state index contributed by atoms with van der Waals surface area (Å²) in [6.45, 7) is 5.51. The van der Waals surface area contributed by atoms with E-state index >= 15 is 0 Å². The second kappa shape index (κ2) is 5.46. The van der Waals surface area contributed by atoms with Gasteiger partial charge in [-0.3, -0.25) is 0 Å². The Labute approximate surface area is 109 Å². The molecule has 0 aromatic carbocycles. The number of nitrogen functional groups attached to an aromatic ring is 2. The molecule has 1 saturated carbocycles. The fourth-order valence-electron chi connectivity index (χ4n) is 2.67. The summed E-state index contributed by atoms with van der Waals surface area (Å²) in [5.74, 6) is 2.03. The van der Waals surface area contributed by atoms with Crippen molar-refractivity contribution in [1.29, 1.82) is 0 Å². The molecule has 0 bridgehead atoms. The molecular weight excluding hydrogens is 224 g/mol. The third kappa shape index (κ3) is 2.86. The molecule has 4 nitrogen and oxygen atoms in total. The summed E-state index contributed by atoms with van der Waals surface area (Å²) in [4.78, 5) is 6.86. The van der Waals surface area contributed by atoms with Gasteiger partial charge in [0.25, 0.3) is 0 Å². The van der Waals surface area contributed by atoms with Gasteiger partial charge in [-0.05, 0) is 30.9 Å². The Morgan fingerprint density at radius 2 is 1.94 bits per heavy atom. The largest absolute Gasteiger partial charge is 0.396 e. The van der Waals surface area contributed by atoms with Crippen molar-refractivity contribution in [3.05, 3.63) is 12.1 Å². The van der Waals surface area contributed by atoms with E-state index in [-0.39, 0.29) is 0 Å². The van der Waals surface area contributed by atoms with Crippen molar-refractivity contribution >= 4 is 17.3 Å². The van der Waals surface area contributed by atoms with Crippen molar-refractivity contribution in [1.82, 2.24) is 4.98 Å². The summed E-state index contributed by atoms with van der Waals surface area (Å²) >= 11 is 0. The van der Waals surface area contributed by atoms with Gasteiger partial charge in [-0.15, -0.1) is 0 Å². The first-order chi connectivity index (χ1) is 8.58. The monoisotopic (exact) mass is 248 g/mol. The van der Waals surface area contributed by atoms with Gasteiger partial charge in [-0.25, -0.2) is 4.98 Å². The van der Waals surface area contributed by atoms with Crippen molar-refractivity contribution in [3.8, 4) is 0 Å². The standard InChI is InChI=1S/C14H24N4/c1-10(2)9-18(11-5-3-4-6-11)13-8-7-12(15)14(16)17-13/h7-8,10-11H,3-6,9,15H2,1-2H3,(H2,16,17). The van der Waals surface area contributed by atoms with Crippen molar-refractivity contribution in [3.63, 3.8) is 0 Å². The molecule has 2 rings (SSSR count).